The molecule has 0 amide bonds. The van der Waals surface area contributed by atoms with Crippen LogP contribution >= 0.6 is 11.8 Å². The van der Waals surface area contributed by atoms with Gasteiger partial charge in [-0.25, -0.2) is 4.98 Å². The van der Waals surface area contributed by atoms with Crippen molar-refractivity contribution in [2.75, 3.05) is 19.0 Å². The third kappa shape index (κ3) is 3.37. The van der Waals surface area contributed by atoms with Crippen LogP contribution in [0.3, 0.4) is 0 Å². The highest BCUT2D eigenvalue weighted by atomic mass is 32.2. The molecule has 0 bridgehead atoms. The zero-order chi connectivity index (χ0) is 15.6. The largest absolute Gasteiger partial charge is 0.387 e. The smallest absolute Gasteiger partial charge is 0.172 e. The Morgan fingerprint density at radius 3 is 2.95 bits per heavy atom. The fourth-order valence-corrected chi connectivity index (χ4v) is 3.69. The van der Waals surface area contributed by atoms with Gasteiger partial charge in [0.25, 0.3) is 0 Å². The van der Waals surface area contributed by atoms with Gasteiger partial charge < -0.3 is 9.84 Å². The Morgan fingerprint density at radius 2 is 2.23 bits per heavy atom. The van der Waals surface area contributed by atoms with Crippen LogP contribution in [0.1, 0.15) is 24.0 Å². The standard InChI is InChI=1S/C17H22N2O2S/c1-13-4-5-15(10-14(13)2)19-8-7-18-16(19)22-12-17(20)6-3-9-21-11-17/h4-5,7-8,10,20H,3,6,9,11-12H2,1-2H3. The molecule has 118 valence electrons. The number of aliphatic hydroxyl groups is 1. The topological polar surface area (TPSA) is 47.3 Å². The first-order valence-corrected chi connectivity index (χ1v) is 8.60. The van der Waals surface area contributed by atoms with Gasteiger partial charge >= 0.3 is 0 Å². The van der Waals surface area contributed by atoms with Crippen molar-refractivity contribution in [3.8, 4) is 5.69 Å². The molecule has 0 aliphatic carbocycles. The van der Waals surface area contributed by atoms with Crippen LogP contribution in [-0.2, 0) is 4.74 Å². The van der Waals surface area contributed by atoms with E-state index in [2.05, 4.69) is 41.6 Å². The SMILES string of the molecule is Cc1ccc(-n2ccnc2SCC2(O)CCCOC2)cc1C. The zero-order valence-electron chi connectivity index (χ0n) is 13.1. The second-order valence-electron chi connectivity index (χ2n) is 6.02. The maximum absolute atomic E-state index is 10.5. The summed E-state index contributed by atoms with van der Waals surface area (Å²) in [5.74, 6) is 0.606. The summed E-state index contributed by atoms with van der Waals surface area (Å²) in [6.07, 6.45) is 5.49. The van der Waals surface area contributed by atoms with E-state index in [4.69, 9.17) is 4.74 Å². The highest BCUT2D eigenvalue weighted by Gasteiger charge is 2.30. The van der Waals surface area contributed by atoms with E-state index in [-0.39, 0.29) is 0 Å². The van der Waals surface area contributed by atoms with Crippen LogP contribution in [0.5, 0.6) is 0 Å². The van der Waals surface area contributed by atoms with E-state index in [1.54, 1.807) is 18.0 Å². The van der Waals surface area contributed by atoms with Crippen molar-refractivity contribution >= 4 is 11.8 Å². The van der Waals surface area contributed by atoms with Crippen LogP contribution in [0.15, 0.2) is 35.7 Å². The number of rotatable bonds is 4. The van der Waals surface area contributed by atoms with E-state index in [1.807, 2.05) is 6.20 Å². The minimum Gasteiger partial charge on any atom is -0.387 e. The van der Waals surface area contributed by atoms with Gasteiger partial charge in [-0.3, -0.25) is 4.57 Å². The first-order chi connectivity index (χ1) is 10.6. The van der Waals surface area contributed by atoms with Gasteiger partial charge in [-0.05, 0) is 49.9 Å². The molecule has 1 N–H and O–H groups in total. The second-order valence-corrected chi connectivity index (χ2v) is 6.96. The van der Waals surface area contributed by atoms with Gasteiger partial charge in [0.2, 0.25) is 0 Å². The highest BCUT2D eigenvalue weighted by molar-refractivity contribution is 7.99. The molecule has 2 heterocycles. The number of aryl methyl sites for hydroxylation is 2. The Morgan fingerprint density at radius 1 is 1.36 bits per heavy atom. The molecule has 1 atom stereocenters. The van der Waals surface area contributed by atoms with Gasteiger partial charge in [-0.15, -0.1) is 0 Å². The Balaban J connectivity index is 1.75. The van der Waals surface area contributed by atoms with Crippen LogP contribution in [0, 0.1) is 13.8 Å². The molecule has 0 radical (unpaired) electrons. The van der Waals surface area contributed by atoms with Crippen molar-refractivity contribution in [1.82, 2.24) is 9.55 Å². The van der Waals surface area contributed by atoms with E-state index in [0.29, 0.717) is 12.4 Å². The third-order valence-electron chi connectivity index (χ3n) is 4.15. The lowest BCUT2D eigenvalue weighted by Crippen LogP contribution is -2.41. The van der Waals surface area contributed by atoms with E-state index in [1.165, 1.54) is 11.1 Å². The Labute approximate surface area is 135 Å². The number of nitrogens with zero attached hydrogens (tertiary/aromatic N) is 2. The maximum Gasteiger partial charge on any atom is 0.172 e. The van der Waals surface area contributed by atoms with Gasteiger partial charge in [-0.1, -0.05) is 17.8 Å². The molecule has 1 aromatic carbocycles. The van der Waals surface area contributed by atoms with E-state index in [0.717, 1.165) is 30.3 Å². The van der Waals surface area contributed by atoms with Crippen molar-refractivity contribution < 1.29 is 9.84 Å². The number of thioether (sulfide) groups is 1. The fraction of sp³-hybridized carbons (Fsp3) is 0.471. The van der Waals surface area contributed by atoms with Gasteiger partial charge in [0.1, 0.15) is 0 Å². The summed E-state index contributed by atoms with van der Waals surface area (Å²) in [7, 11) is 0. The van der Waals surface area contributed by atoms with Crippen molar-refractivity contribution in [3.05, 3.63) is 41.7 Å². The summed E-state index contributed by atoms with van der Waals surface area (Å²) < 4.78 is 7.48. The summed E-state index contributed by atoms with van der Waals surface area (Å²) in [5.41, 5.74) is 2.92. The van der Waals surface area contributed by atoms with Gasteiger partial charge in [-0.2, -0.15) is 0 Å². The molecule has 1 aliphatic heterocycles. The number of hydrogen-bond donors (Lipinski definition) is 1. The summed E-state index contributed by atoms with van der Waals surface area (Å²) >= 11 is 1.59. The molecule has 1 aliphatic rings. The molecule has 22 heavy (non-hydrogen) atoms. The monoisotopic (exact) mass is 318 g/mol. The number of hydrogen-bond acceptors (Lipinski definition) is 4. The third-order valence-corrected chi connectivity index (χ3v) is 5.39. The van der Waals surface area contributed by atoms with Gasteiger partial charge in [0.15, 0.2) is 5.16 Å². The second kappa shape index (κ2) is 6.44. The van der Waals surface area contributed by atoms with Crippen LogP contribution < -0.4 is 0 Å². The molecule has 1 unspecified atom stereocenters. The van der Waals surface area contributed by atoms with Crippen LogP contribution in [0.2, 0.25) is 0 Å². The van der Waals surface area contributed by atoms with E-state index < -0.39 is 5.60 Å². The number of ether oxygens (including phenoxy) is 1. The minimum absolute atomic E-state index is 0.421. The summed E-state index contributed by atoms with van der Waals surface area (Å²) in [6.45, 7) is 5.40. The molecular formula is C17H22N2O2S. The first-order valence-electron chi connectivity index (χ1n) is 7.61. The van der Waals surface area contributed by atoms with Crippen LogP contribution in [0.25, 0.3) is 5.69 Å². The average molecular weight is 318 g/mol. The maximum atomic E-state index is 10.5. The lowest BCUT2D eigenvalue weighted by atomic mass is 9.99. The first kappa shape index (κ1) is 15.6. The molecule has 4 nitrogen and oxygen atoms in total. The minimum atomic E-state index is -0.733. The van der Waals surface area contributed by atoms with Gasteiger partial charge in [0.05, 0.1) is 12.2 Å². The van der Waals surface area contributed by atoms with Crippen molar-refractivity contribution in [3.63, 3.8) is 0 Å². The molecule has 1 saturated heterocycles. The zero-order valence-corrected chi connectivity index (χ0v) is 13.9. The molecule has 0 saturated carbocycles. The van der Waals surface area contributed by atoms with Crippen molar-refractivity contribution in [2.24, 2.45) is 0 Å². The predicted molar refractivity (Wildman–Crippen MR) is 88.8 cm³/mol. The summed E-state index contributed by atoms with van der Waals surface area (Å²) in [6, 6.07) is 6.40. The Hall–Kier alpha value is -1.30. The average Bonchev–Trinajstić information content (AvgIpc) is 2.97. The fourth-order valence-electron chi connectivity index (χ4n) is 2.62. The van der Waals surface area contributed by atoms with E-state index in [9.17, 15) is 5.11 Å². The number of aromatic nitrogens is 2. The van der Waals surface area contributed by atoms with Gasteiger partial charge in [0, 0.05) is 30.4 Å². The quantitative estimate of drug-likeness (QED) is 0.880. The normalized spacial score (nSPS) is 22.0. The van der Waals surface area contributed by atoms with Crippen molar-refractivity contribution in [1.29, 1.82) is 0 Å². The molecule has 3 rings (SSSR count). The van der Waals surface area contributed by atoms with E-state index >= 15 is 0 Å². The summed E-state index contributed by atoms with van der Waals surface area (Å²) in [5, 5.41) is 11.4. The molecule has 2 aromatic rings. The Kier molecular flexibility index (Phi) is 4.57. The van der Waals surface area contributed by atoms with Crippen molar-refractivity contribution in [2.45, 2.75) is 37.4 Å². The molecule has 1 fully saturated rings. The Bertz CT molecular complexity index is 648. The molecule has 5 heteroatoms. The molecule has 1 aromatic heterocycles. The number of imidazole rings is 1. The lowest BCUT2D eigenvalue weighted by Gasteiger charge is -2.31. The molecular weight excluding hydrogens is 296 g/mol. The van der Waals surface area contributed by atoms with Crippen LogP contribution in [-0.4, -0.2) is 39.2 Å². The summed E-state index contributed by atoms with van der Waals surface area (Å²) in [4.78, 5) is 4.43. The lowest BCUT2D eigenvalue weighted by molar-refractivity contribution is -0.0698. The molecule has 0 spiro atoms. The highest BCUT2D eigenvalue weighted by Crippen LogP contribution is 2.29. The van der Waals surface area contributed by atoms with Crippen LogP contribution in [0.4, 0.5) is 0 Å². The predicted octanol–water partition coefficient (Wildman–Crippen LogP) is 3.12. The number of benzene rings is 1.